The van der Waals surface area contributed by atoms with E-state index < -0.39 is 12.1 Å². The van der Waals surface area contributed by atoms with E-state index in [0.717, 1.165) is 0 Å². The summed E-state index contributed by atoms with van der Waals surface area (Å²) in [6, 6.07) is 0. The van der Waals surface area contributed by atoms with Gasteiger partial charge in [0.25, 0.3) is 0 Å². The van der Waals surface area contributed by atoms with Crippen molar-refractivity contribution in [3.8, 4) is 0 Å². The maximum absolute atomic E-state index is 10.6. The molecular formula is C7H10O4. The Balaban J connectivity index is 3.62. The van der Waals surface area contributed by atoms with Gasteiger partial charge in [-0.15, -0.1) is 0 Å². The number of aldehydes is 1. The number of aliphatic hydroxyl groups is 1. The van der Waals surface area contributed by atoms with E-state index in [1.54, 1.807) is 0 Å². The van der Waals surface area contributed by atoms with E-state index in [-0.39, 0.29) is 12.2 Å². The predicted octanol–water partition coefficient (Wildman–Crippen LogP) is -0.334. The molecule has 0 heterocycles. The Morgan fingerprint density at radius 3 is 2.73 bits per heavy atom. The number of hydrogen-bond donors (Lipinski definition) is 1. The zero-order chi connectivity index (χ0) is 8.85. The Morgan fingerprint density at radius 1 is 1.82 bits per heavy atom. The van der Waals surface area contributed by atoms with E-state index >= 15 is 0 Å². The minimum absolute atomic E-state index is 0.239. The summed E-state index contributed by atoms with van der Waals surface area (Å²) in [5.74, 6) is -0.606. The van der Waals surface area contributed by atoms with E-state index in [4.69, 9.17) is 5.11 Å². The zero-order valence-corrected chi connectivity index (χ0v) is 6.24. The van der Waals surface area contributed by atoms with Crippen molar-refractivity contribution < 1.29 is 19.4 Å². The SMILES string of the molecule is C=C(C)C(=O)OCC(O)C=O. The van der Waals surface area contributed by atoms with Crippen LogP contribution in [0.4, 0.5) is 0 Å². The highest BCUT2D eigenvalue weighted by atomic mass is 16.5. The minimum Gasteiger partial charge on any atom is -0.459 e. The summed E-state index contributed by atoms with van der Waals surface area (Å²) in [5.41, 5.74) is 0.239. The molecule has 0 aromatic rings. The summed E-state index contributed by atoms with van der Waals surface area (Å²) in [4.78, 5) is 20.4. The summed E-state index contributed by atoms with van der Waals surface area (Å²) in [6.45, 7) is 4.49. The molecular weight excluding hydrogens is 148 g/mol. The van der Waals surface area contributed by atoms with Crippen molar-refractivity contribution in [3.05, 3.63) is 12.2 Å². The fourth-order valence-electron chi connectivity index (χ4n) is 0.324. The van der Waals surface area contributed by atoms with E-state index in [2.05, 4.69) is 11.3 Å². The topological polar surface area (TPSA) is 63.6 Å². The first-order valence-electron chi connectivity index (χ1n) is 3.04. The lowest BCUT2D eigenvalue weighted by atomic mass is 10.3. The quantitative estimate of drug-likeness (QED) is 0.345. The van der Waals surface area contributed by atoms with Gasteiger partial charge in [0.15, 0.2) is 6.29 Å². The standard InChI is InChI=1S/C7H10O4/c1-5(2)7(10)11-4-6(9)3-8/h3,6,9H,1,4H2,2H3. The third kappa shape index (κ3) is 4.27. The van der Waals surface area contributed by atoms with E-state index in [9.17, 15) is 9.59 Å². The third-order valence-electron chi connectivity index (χ3n) is 0.891. The van der Waals surface area contributed by atoms with E-state index in [0.29, 0.717) is 6.29 Å². The Hall–Kier alpha value is -1.16. The lowest BCUT2D eigenvalue weighted by Crippen LogP contribution is -2.19. The highest BCUT2D eigenvalue weighted by Crippen LogP contribution is 1.92. The van der Waals surface area contributed by atoms with Crippen LogP contribution in [0.2, 0.25) is 0 Å². The van der Waals surface area contributed by atoms with Crippen LogP contribution in [0.5, 0.6) is 0 Å². The molecule has 0 amide bonds. The van der Waals surface area contributed by atoms with Crippen LogP contribution >= 0.6 is 0 Å². The van der Waals surface area contributed by atoms with E-state index in [1.807, 2.05) is 0 Å². The molecule has 0 bridgehead atoms. The maximum atomic E-state index is 10.6. The van der Waals surface area contributed by atoms with Crippen molar-refractivity contribution >= 4 is 12.3 Å². The number of rotatable bonds is 4. The van der Waals surface area contributed by atoms with Crippen LogP contribution in [0.1, 0.15) is 6.92 Å². The number of ether oxygens (including phenoxy) is 1. The predicted molar refractivity (Wildman–Crippen MR) is 37.8 cm³/mol. The van der Waals surface area contributed by atoms with Gasteiger partial charge in [-0.2, -0.15) is 0 Å². The first-order valence-corrected chi connectivity index (χ1v) is 3.04. The molecule has 1 atom stereocenters. The van der Waals surface area contributed by atoms with Gasteiger partial charge in [0.2, 0.25) is 0 Å². The maximum Gasteiger partial charge on any atom is 0.333 e. The summed E-state index contributed by atoms with van der Waals surface area (Å²) in [5, 5.41) is 8.61. The van der Waals surface area contributed by atoms with Gasteiger partial charge in [-0.05, 0) is 6.92 Å². The second kappa shape index (κ2) is 4.62. The largest absolute Gasteiger partial charge is 0.459 e. The summed E-state index contributed by atoms with van der Waals surface area (Å²) in [6.07, 6.45) is -0.940. The van der Waals surface area contributed by atoms with Crippen LogP contribution in [0.25, 0.3) is 0 Å². The smallest absolute Gasteiger partial charge is 0.333 e. The Bertz CT molecular complexity index is 173. The van der Waals surface area contributed by atoms with Crippen LogP contribution in [-0.2, 0) is 14.3 Å². The lowest BCUT2D eigenvalue weighted by Gasteiger charge is -2.04. The molecule has 0 rings (SSSR count). The molecule has 0 aliphatic carbocycles. The highest BCUT2D eigenvalue weighted by Gasteiger charge is 2.06. The van der Waals surface area contributed by atoms with Gasteiger partial charge in [-0.1, -0.05) is 6.58 Å². The van der Waals surface area contributed by atoms with Gasteiger partial charge >= 0.3 is 5.97 Å². The molecule has 0 aromatic heterocycles. The van der Waals surface area contributed by atoms with Gasteiger partial charge in [-0.25, -0.2) is 4.79 Å². The summed E-state index contributed by atoms with van der Waals surface area (Å²) in [7, 11) is 0. The molecule has 0 aliphatic heterocycles. The molecule has 11 heavy (non-hydrogen) atoms. The first-order chi connectivity index (χ1) is 5.07. The molecule has 0 saturated heterocycles. The number of hydrogen-bond acceptors (Lipinski definition) is 4. The van der Waals surface area contributed by atoms with Crippen molar-refractivity contribution in [2.24, 2.45) is 0 Å². The molecule has 1 N–H and O–H groups in total. The average molecular weight is 158 g/mol. The number of esters is 1. The van der Waals surface area contributed by atoms with Crippen LogP contribution in [0.3, 0.4) is 0 Å². The van der Waals surface area contributed by atoms with Gasteiger partial charge in [-0.3, -0.25) is 0 Å². The minimum atomic E-state index is -1.24. The van der Waals surface area contributed by atoms with Crippen molar-refractivity contribution in [2.45, 2.75) is 13.0 Å². The monoisotopic (exact) mass is 158 g/mol. The molecule has 0 aliphatic rings. The molecule has 1 unspecified atom stereocenters. The van der Waals surface area contributed by atoms with Crippen LogP contribution in [-0.4, -0.2) is 30.1 Å². The van der Waals surface area contributed by atoms with Crippen LogP contribution < -0.4 is 0 Å². The molecule has 62 valence electrons. The van der Waals surface area contributed by atoms with E-state index in [1.165, 1.54) is 6.92 Å². The molecule has 4 nitrogen and oxygen atoms in total. The van der Waals surface area contributed by atoms with Gasteiger partial charge in [0.05, 0.1) is 0 Å². The van der Waals surface area contributed by atoms with Gasteiger partial charge in [0, 0.05) is 5.57 Å². The molecule has 0 saturated carbocycles. The van der Waals surface area contributed by atoms with Gasteiger partial charge < -0.3 is 14.6 Å². The fourth-order valence-corrected chi connectivity index (χ4v) is 0.324. The Kier molecular flexibility index (Phi) is 4.14. The summed E-state index contributed by atoms with van der Waals surface area (Å²) >= 11 is 0. The van der Waals surface area contributed by atoms with Crippen LogP contribution in [0, 0.1) is 0 Å². The van der Waals surface area contributed by atoms with Crippen molar-refractivity contribution in [3.63, 3.8) is 0 Å². The molecule has 0 fully saturated rings. The highest BCUT2D eigenvalue weighted by molar-refractivity contribution is 5.87. The summed E-state index contributed by atoms with van der Waals surface area (Å²) < 4.78 is 4.44. The number of carbonyl (C=O) groups excluding carboxylic acids is 2. The van der Waals surface area contributed by atoms with Crippen molar-refractivity contribution in [2.75, 3.05) is 6.61 Å². The second-order valence-corrected chi connectivity index (χ2v) is 2.08. The fraction of sp³-hybridized carbons (Fsp3) is 0.429. The average Bonchev–Trinajstić information content (AvgIpc) is 1.99. The molecule has 0 radical (unpaired) electrons. The van der Waals surface area contributed by atoms with Crippen molar-refractivity contribution in [1.82, 2.24) is 0 Å². The lowest BCUT2D eigenvalue weighted by molar-refractivity contribution is -0.142. The third-order valence-corrected chi connectivity index (χ3v) is 0.891. The zero-order valence-electron chi connectivity index (χ0n) is 6.24. The first kappa shape index (κ1) is 9.84. The molecule has 4 heteroatoms. The Morgan fingerprint density at radius 2 is 2.36 bits per heavy atom. The second-order valence-electron chi connectivity index (χ2n) is 2.08. The van der Waals surface area contributed by atoms with Crippen LogP contribution in [0.15, 0.2) is 12.2 Å². The van der Waals surface area contributed by atoms with Crippen molar-refractivity contribution in [1.29, 1.82) is 0 Å². The molecule has 0 aromatic carbocycles. The number of carbonyl (C=O) groups is 2. The van der Waals surface area contributed by atoms with Gasteiger partial charge in [0.1, 0.15) is 12.7 Å². The number of aliphatic hydroxyl groups excluding tert-OH is 1. The Labute approximate surface area is 64.5 Å². The normalized spacial score (nSPS) is 11.8. The molecule has 0 spiro atoms.